The summed E-state index contributed by atoms with van der Waals surface area (Å²) in [7, 11) is 4.46. The monoisotopic (exact) mass is 620 g/mol. The molecule has 2 aliphatic rings. The molecule has 1 aliphatic carbocycles. The Balaban J connectivity index is 1.68. The fourth-order valence-electron chi connectivity index (χ4n) is 5.93. The zero-order chi connectivity index (χ0) is 30.9. The standard InChI is InChI=1S/C33H30Cl2N2O6/c1-5-20-7-14-25-31(39)37(36-27-15-10-22(34)18-26(27)35)32(40)33(25,21-8-11-23(41-2)12-9-21)24(20)13-6-19-16-28(42-3)30(38)29(17-19)43-4/h5-13,15-18,24-25,36,38H,1,14H2,2-4H3/t24-,25-,33-/m0/s1. The first-order chi connectivity index (χ1) is 20.7. The molecule has 3 atom stereocenters. The van der Waals surface area contributed by atoms with Gasteiger partial charge >= 0.3 is 0 Å². The highest BCUT2D eigenvalue weighted by Crippen LogP contribution is 2.54. The minimum absolute atomic E-state index is 0.125. The van der Waals surface area contributed by atoms with Gasteiger partial charge in [-0.05, 0) is 65.6 Å². The number of benzene rings is 3. The fourth-order valence-corrected chi connectivity index (χ4v) is 6.38. The van der Waals surface area contributed by atoms with E-state index in [1.54, 1.807) is 49.6 Å². The molecule has 1 heterocycles. The lowest BCUT2D eigenvalue weighted by molar-refractivity contribution is -0.138. The van der Waals surface area contributed by atoms with Crippen molar-refractivity contribution in [2.75, 3.05) is 26.8 Å². The largest absolute Gasteiger partial charge is 0.502 e. The maximum Gasteiger partial charge on any atom is 0.260 e. The highest BCUT2D eigenvalue weighted by atomic mass is 35.5. The molecule has 0 bridgehead atoms. The Morgan fingerprint density at radius 3 is 2.26 bits per heavy atom. The average Bonchev–Trinajstić information content (AvgIpc) is 3.23. The Morgan fingerprint density at radius 1 is 1.00 bits per heavy atom. The number of fused-ring (bicyclic) bond motifs is 1. The first-order valence-electron chi connectivity index (χ1n) is 13.4. The Morgan fingerprint density at radius 2 is 1.67 bits per heavy atom. The van der Waals surface area contributed by atoms with Crippen LogP contribution in [0, 0.1) is 11.8 Å². The number of aromatic hydroxyl groups is 1. The van der Waals surface area contributed by atoms with Crippen LogP contribution in [0.5, 0.6) is 23.0 Å². The van der Waals surface area contributed by atoms with Crippen molar-refractivity contribution < 1.29 is 28.9 Å². The van der Waals surface area contributed by atoms with Gasteiger partial charge in [0, 0.05) is 10.9 Å². The Bertz CT molecular complexity index is 1630. The number of phenolic OH excluding ortho intramolecular Hbond substituents is 1. The lowest BCUT2D eigenvalue weighted by Gasteiger charge is -2.41. The highest BCUT2D eigenvalue weighted by Gasteiger charge is 2.65. The number of allylic oxidation sites excluding steroid dienone is 4. The fraction of sp³-hybridized carbons (Fsp3) is 0.212. The van der Waals surface area contributed by atoms with Crippen molar-refractivity contribution >= 4 is 46.8 Å². The minimum Gasteiger partial charge on any atom is -0.502 e. The Labute approximate surface area is 259 Å². The number of anilines is 1. The lowest BCUT2D eigenvalue weighted by atomic mass is 9.57. The third-order valence-corrected chi connectivity index (χ3v) is 8.56. The van der Waals surface area contributed by atoms with Gasteiger partial charge in [0.15, 0.2) is 11.5 Å². The summed E-state index contributed by atoms with van der Waals surface area (Å²) in [6.45, 7) is 4.02. The number of halogens is 2. The number of amides is 2. The minimum atomic E-state index is -1.34. The van der Waals surface area contributed by atoms with Gasteiger partial charge in [-0.15, -0.1) is 0 Å². The van der Waals surface area contributed by atoms with Crippen LogP contribution in [-0.4, -0.2) is 43.3 Å². The zero-order valence-corrected chi connectivity index (χ0v) is 25.3. The molecule has 0 radical (unpaired) electrons. The zero-order valence-electron chi connectivity index (χ0n) is 23.8. The SMILES string of the molecule is C=CC1=CC[C@H]2C(=O)N(Nc3ccc(Cl)cc3Cl)C(=O)[C@@]2(c2ccc(OC)cc2)[C@H]1C=Cc1cc(OC)c(O)c(OC)c1. The van der Waals surface area contributed by atoms with Gasteiger partial charge in [0.2, 0.25) is 5.75 Å². The number of methoxy groups -OCH3 is 3. The third kappa shape index (κ3) is 5.11. The van der Waals surface area contributed by atoms with E-state index in [0.717, 1.165) is 10.6 Å². The van der Waals surface area contributed by atoms with Gasteiger partial charge in [0.25, 0.3) is 11.8 Å². The summed E-state index contributed by atoms with van der Waals surface area (Å²) in [6, 6.07) is 15.3. The molecule has 0 aromatic heterocycles. The van der Waals surface area contributed by atoms with E-state index in [4.69, 9.17) is 37.4 Å². The van der Waals surface area contributed by atoms with Gasteiger partial charge in [-0.25, -0.2) is 0 Å². The molecule has 43 heavy (non-hydrogen) atoms. The van der Waals surface area contributed by atoms with Crippen molar-refractivity contribution in [3.8, 4) is 23.0 Å². The molecule has 10 heteroatoms. The van der Waals surface area contributed by atoms with Gasteiger partial charge in [-0.1, -0.05) is 66.2 Å². The van der Waals surface area contributed by atoms with Crippen LogP contribution in [0.2, 0.25) is 10.0 Å². The maximum atomic E-state index is 14.7. The molecule has 3 aromatic carbocycles. The third-order valence-electron chi connectivity index (χ3n) is 8.01. The van der Waals surface area contributed by atoms with Gasteiger partial charge in [-0.2, -0.15) is 5.01 Å². The van der Waals surface area contributed by atoms with E-state index in [2.05, 4.69) is 12.0 Å². The number of nitrogens with one attached hydrogen (secondary N) is 1. The van der Waals surface area contributed by atoms with Crippen molar-refractivity contribution in [3.63, 3.8) is 0 Å². The molecule has 8 nitrogen and oxygen atoms in total. The number of hydrogen-bond acceptors (Lipinski definition) is 7. The van der Waals surface area contributed by atoms with Gasteiger partial charge < -0.3 is 19.3 Å². The number of phenols is 1. The molecule has 5 rings (SSSR count). The number of carbonyl (C=O) groups excluding carboxylic acids is 2. The van der Waals surface area contributed by atoms with Gasteiger partial charge in [0.1, 0.15) is 5.75 Å². The van der Waals surface area contributed by atoms with Gasteiger partial charge in [0.05, 0.1) is 43.4 Å². The second-order valence-corrected chi connectivity index (χ2v) is 11.0. The van der Waals surface area contributed by atoms with Gasteiger partial charge in [-0.3, -0.25) is 15.0 Å². The van der Waals surface area contributed by atoms with Crippen LogP contribution in [0.15, 0.2) is 85.0 Å². The topological polar surface area (TPSA) is 97.3 Å². The summed E-state index contributed by atoms with van der Waals surface area (Å²) in [4.78, 5) is 28.8. The smallest absolute Gasteiger partial charge is 0.260 e. The summed E-state index contributed by atoms with van der Waals surface area (Å²) >= 11 is 12.5. The van der Waals surface area contributed by atoms with Crippen LogP contribution in [0.4, 0.5) is 5.69 Å². The maximum absolute atomic E-state index is 14.7. The normalized spacial score (nSPS) is 21.4. The van der Waals surface area contributed by atoms with Crippen LogP contribution >= 0.6 is 23.2 Å². The molecule has 0 saturated carbocycles. The first-order valence-corrected chi connectivity index (χ1v) is 14.1. The molecule has 0 unspecified atom stereocenters. The molecule has 222 valence electrons. The molecule has 2 N–H and O–H groups in total. The van der Waals surface area contributed by atoms with Crippen LogP contribution in [0.25, 0.3) is 6.08 Å². The van der Waals surface area contributed by atoms with Crippen LogP contribution in [0.1, 0.15) is 17.5 Å². The number of imide groups is 1. The molecular formula is C33H30Cl2N2O6. The first kappa shape index (κ1) is 30.1. The molecule has 1 fully saturated rings. The van der Waals surface area contributed by atoms with Crippen molar-refractivity contribution in [2.45, 2.75) is 11.8 Å². The molecular weight excluding hydrogens is 591 g/mol. The number of carbonyl (C=O) groups is 2. The second-order valence-electron chi connectivity index (χ2n) is 10.1. The average molecular weight is 622 g/mol. The summed E-state index contributed by atoms with van der Waals surface area (Å²) in [5.74, 6) is -1.23. The quantitative estimate of drug-likeness (QED) is 0.253. The number of nitrogens with zero attached hydrogens (tertiary/aromatic N) is 1. The second kappa shape index (κ2) is 12.1. The molecule has 1 saturated heterocycles. The Hall–Kier alpha value is -4.40. The Kier molecular flexibility index (Phi) is 8.44. The van der Waals surface area contributed by atoms with Crippen molar-refractivity contribution in [2.24, 2.45) is 11.8 Å². The van der Waals surface area contributed by atoms with E-state index in [9.17, 15) is 14.7 Å². The number of rotatable bonds is 9. The predicted octanol–water partition coefficient (Wildman–Crippen LogP) is 6.82. The van der Waals surface area contributed by atoms with Crippen LogP contribution in [-0.2, 0) is 15.0 Å². The van der Waals surface area contributed by atoms with E-state index in [1.165, 1.54) is 20.3 Å². The summed E-state index contributed by atoms with van der Waals surface area (Å²) in [5, 5.41) is 12.1. The summed E-state index contributed by atoms with van der Waals surface area (Å²) < 4.78 is 16.0. The number of hydrazine groups is 1. The molecule has 1 aliphatic heterocycles. The summed E-state index contributed by atoms with van der Waals surface area (Å²) in [6.07, 6.45) is 7.65. The molecule has 2 amide bonds. The number of ether oxygens (including phenoxy) is 3. The van der Waals surface area contributed by atoms with Crippen LogP contribution < -0.4 is 19.6 Å². The van der Waals surface area contributed by atoms with E-state index >= 15 is 0 Å². The number of hydrogen-bond donors (Lipinski definition) is 2. The van der Waals surface area contributed by atoms with E-state index in [1.807, 2.05) is 30.4 Å². The summed E-state index contributed by atoms with van der Waals surface area (Å²) in [5.41, 5.74) is 4.07. The van der Waals surface area contributed by atoms with Crippen LogP contribution in [0.3, 0.4) is 0 Å². The predicted molar refractivity (Wildman–Crippen MR) is 167 cm³/mol. The van der Waals surface area contributed by atoms with E-state index < -0.39 is 29.1 Å². The van der Waals surface area contributed by atoms with E-state index in [-0.39, 0.29) is 22.3 Å². The van der Waals surface area contributed by atoms with Crippen molar-refractivity contribution in [3.05, 3.63) is 106 Å². The molecule has 0 spiro atoms. The lowest BCUT2D eigenvalue weighted by Crippen LogP contribution is -2.49. The molecule has 3 aromatic rings. The van der Waals surface area contributed by atoms with E-state index in [0.29, 0.717) is 34.0 Å². The van der Waals surface area contributed by atoms with Crippen molar-refractivity contribution in [1.82, 2.24) is 5.01 Å². The van der Waals surface area contributed by atoms with Crippen molar-refractivity contribution in [1.29, 1.82) is 0 Å². The highest BCUT2D eigenvalue weighted by molar-refractivity contribution is 6.36.